The lowest BCUT2D eigenvalue weighted by molar-refractivity contribution is 0.628. The number of furan rings is 1. The van der Waals surface area contributed by atoms with Gasteiger partial charge in [0.05, 0.1) is 22.0 Å². The molecule has 4 nitrogen and oxygen atoms in total. The first kappa shape index (κ1) is 27.0. The molecule has 0 aliphatic carbocycles. The average molecular weight is 608 g/mol. The highest BCUT2D eigenvalue weighted by atomic mass is 19.1. The van der Waals surface area contributed by atoms with Gasteiger partial charge >= 0.3 is 0 Å². The van der Waals surface area contributed by atoms with Crippen LogP contribution < -0.4 is 0 Å². The maximum absolute atomic E-state index is 14.0. The molecule has 0 aliphatic heterocycles. The van der Waals surface area contributed by atoms with Crippen LogP contribution in [0.25, 0.3) is 83.6 Å². The Bertz CT molecular complexity index is 2550. The minimum Gasteiger partial charge on any atom is -0.454 e. The minimum absolute atomic E-state index is 0.281. The number of hydrogen-bond donors (Lipinski definition) is 0. The van der Waals surface area contributed by atoms with E-state index in [0.717, 1.165) is 72.4 Å². The van der Waals surface area contributed by atoms with E-state index in [1.807, 2.05) is 54.7 Å². The van der Waals surface area contributed by atoms with Gasteiger partial charge in [-0.3, -0.25) is 9.55 Å². The maximum atomic E-state index is 14.0. The lowest BCUT2D eigenvalue weighted by Crippen LogP contribution is -1.98. The van der Waals surface area contributed by atoms with Crippen LogP contribution in [0.4, 0.5) is 4.39 Å². The number of fused-ring (bicyclic) bond motifs is 4. The highest BCUT2D eigenvalue weighted by Crippen LogP contribution is 2.43. The molecule has 222 valence electrons. The summed E-state index contributed by atoms with van der Waals surface area (Å²) < 4.78 is 22.9. The standard InChI is InChI=1S/C42H26FN3O/c43-32-19-15-30(16-20-32)34-23-24-35(41-39(34)40-38(47-41)25-31(26-44-40)28-11-5-2-6-12-28)42-45-36-13-7-8-14-37(36)46(42)33-21-17-29(18-22-33)27-9-3-1-4-10-27/h1-26H. The number of rotatable bonds is 5. The molecule has 9 aromatic rings. The number of aromatic nitrogens is 3. The summed E-state index contributed by atoms with van der Waals surface area (Å²) in [7, 11) is 0. The number of benzene rings is 6. The van der Waals surface area contributed by atoms with E-state index in [4.69, 9.17) is 14.4 Å². The zero-order valence-electron chi connectivity index (χ0n) is 25.1. The Labute approximate surface area is 270 Å². The van der Waals surface area contributed by atoms with Crippen molar-refractivity contribution in [1.82, 2.24) is 14.5 Å². The molecule has 0 N–H and O–H groups in total. The topological polar surface area (TPSA) is 43.9 Å². The quantitative estimate of drug-likeness (QED) is 0.195. The van der Waals surface area contributed by atoms with E-state index >= 15 is 0 Å². The van der Waals surface area contributed by atoms with Crippen molar-refractivity contribution in [2.75, 3.05) is 0 Å². The zero-order valence-corrected chi connectivity index (χ0v) is 25.1. The van der Waals surface area contributed by atoms with Gasteiger partial charge in [-0.1, -0.05) is 103 Å². The third kappa shape index (κ3) is 4.60. The molecule has 3 aromatic heterocycles. The minimum atomic E-state index is -0.281. The summed E-state index contributed by atoms with van der Waals surface area (Å²) in [4.78, 5) is 10.1. The number of para-hydroxylation sites is 2. The SMILES string of the molecule is Fc1ccc(-c2ccc(-c3nc4ccccc4n3-c3ccc(-c4ccccc4)cc3)c3oc4cc(-c5ccccc5)cnc4c23)cc1. The van der Waals surface area contributed by atoms with E-state index in [9.17, 15) is 4.39 Å². The van der Waals surface area contributed by atoms with Gasteiger partial charge in [-0.25, -0.2) is 9.37 Å². The fourth-order valence-electron chi connectivity index (χ4n) is 6.48. The monoisotopic (exact) mass is 607 g/mol. The number of imidazole rings is 1. The molecule has 5 heteroatoms. The van der Waals surface area contributed by atoms with Crippen molar-refractivity contribution in [3.63, 3.8) is 0 Å². The Hall–Kier alpha value is -6.33. The van der Waals surface area contributed by atoms with Gasteiger partial charge in [-0.05, 0) is 76.3 Å². The normalized spacial score (nSPS) is 11.5. The molecule has 0 spiro atoms. The summed E-state index contributed by atoms with van der Waals surface area (Å²) in [5.41, 5.74) is 11.9. The number of pyridine rings is 1. The fraction of sp³-hybridized carbons (Fsp3) is 0. The molecule has 0 bridgehead atoms. The van der Waals surface area contributed by atoms with E-state index in [1.165, 1.54) is 12.1 Å². The van der Waals surface area contributed by atoms with Gasteiger partial charge < -0.3 is 4.42 Å². The fourth-order valence-corrected chi connectivity index (χ4v) is 6.48. The first-order chi connectivity index (χ1) is 23.2. The summed E-state index contributed by atoms with van der Waals surface area (Å²) in [6.45, 7) is 0. The van der Waals surface area contributed by atoms with Crippen LogP contribution >= 0.6 is 0 Å². The summed E-state index contributed by atoms with van der Waals surface area (Å²) >= 11 is 0. The van der Waals surface area contributed by atoms with E-state index in [2.05, 4.69) is 83.4 Å². The first-order valence-electron chi connectivity index (χ1n) is 15.5. The Morgan fingerprint density at radius 2 is 1.17 bits per heavy atom. The third-order valence-electron chi connectivity index (χ3n) is 8.76. The predicted molar refractivity (Wildman–Crippen MR) is 188 cm³/mol. The zero-order chi connectivity index (χ0) is 31.3. The van der Waals surface area contributed by atoms with Crippen LogP contribution in [-0.2, 0) is 0 Å². The van der Waals surface area contributed by atoms with Crippen molar-refractivity contribution in [2.45, 2.75) is 0 Å². The van der Waals surface area contributed by atoms with Crippen molar-refractivity contribution >= 4 is 33.1 Å². The molecular formula is C42H26FN3O. The van der Waals surface area contributed by atoms with Crippen LogP contribution in [0.1, 0.15) is 0 Å². The first-order valence-corrected chi connectivity index (χ1v) is 15.5. The molecule has 6 aromatic carbocycles. The summed E-state index contributed by atoms with van der Waals surface area (Å²) in [6.07, 6.45) is 1.89. The van der Waals surface area contributed by atoms with Crippen molar-refractivity contribution < 1.29 is 8.81 Å². The molecule has 0 unspecified atom stereocenters. The van der Waals surface area contributed by atoms with Gasteiger partial charge in [-0.2, -0.15) is 0 Å². The Kier molecular flexibility index (Phi) is 6.28. The summed E-state index contributed by atoms with van der Waals surface area (Å²) in [6, 6.07) is 50.0. The van der Waals surface area contributed by atoms with E-state index in [0.29, 0.717) is 11.2 Å². The van der Waals surface area contributed by atoms with E-state index in [1.54, 1.807) is 12.1 Å². The highest BCUT2D eigenvalue weighted by Gasteiger charge is 2.23. The Balaban J connectivity index is 1.30. The van der Waals surface area contributed by atoms with Crippen molar-refractivity contribution in [1.29, 1.82) is 0 Å². The van der Waals surface area contributed by atoms with Crippen molar-refractivity contribution in [3.05, 3.63) is 164 Å². The Morgan fingerprint density at radius 1 is 0.553 bits per heavy atom. The highest BCUT2D eigenvalue weighted by molar-refractivity contribution is 6.15. The van der Waals surface area contributed by atoms with Crippen LogP contribution in [0.3, 0.4) is 0 Å². The second-order valence-corrected chi connectivity index (χ2v) is 11.6. The van der Waals surface area contributed by atoms with Gasteiger partial charge in [0.15, 0.2) is 5.58 Å². The molecule has 47 heavy (non-hydrogen) atoms. The van der Waals surface area contributed by atoms with Crippen LogP contribution in [0.5, 0.6) is 0 Å². The smallest absolute Gasteiger partial charge is 0.154 e. The van der Waals surface area contributed by atoms with E-state index < -0.39 is 0 Å². The third-order valence-corrected chi connectivity index (χ3v) is 8.76. The molecule has 0 fully saturated rings. The lowest BCUT2D eigenvalue weighted by atomic mass is 9.98. The molecule has 0 saturated carbocycles. The van der Waals surface area contributed by atoms with Gasteiger partial charge in [0.25, 0.3) is 0 Å². The van der Waals surface area contributed by atoms with Gasteiger partial charge in [0.2, 0.25) is 0 Å². The summed E-state index contributed by atoms with van der Waals surface area (Å²) in [5, 5.41) is 0.863. The largest absolute Gasteiger partial charge is 0.454 e. The Morgan fingerprint density at radius 3 is 1.91 bits per heavy atom. The van der Waals surface area contributed by atoms with Gasteiger partial charge in [-0.15, -0.1) is 0 Å². The molecule has 0 aliphatic rings. The molecule has 0 saturated heterocycles. The molecule has 9 rings (SSSR count). The van der Waals surface area contributed by atoms with Gasteiger partial charge in [0.1, 0.15) is 22.7 Å². The number of hydrogen-bond acceptors (Lipinski definition) is 3. The van der Waals surface area contributed by atoms with Crippen LogP contribution in [0.15, 0.2) is 162 Å². The lowest BCUT2D eigenvalue weighted by Gasteiger charge is -2.12. The number of halogens is 1. The maximum Gasteiger partial charge on any atom is 0.154 e. The molecule has 0 atom stereocenters. The molecular weight excluding hydrogens is 581 g/mol. The van der Waals surface area contributed by atoms with Crippen LogP contribution in [0.2, 0.25) is 0 Å². The summed E-state index contributed by atoms with van der Waals surface area (Å²) in [5.74, 6) is 0.480. The average Bonchev–Trinajstić information content (AvgIpc) is 3.71. The van der Waals surface area contributed by atoms with Crippen LogP contribution in [0, 0.1) is 5.82 Å². The molecule has 3 heterocycles. The predicted octanol–water partition coefficient (Wildman–Crippen LogP) is 11.1. The van der Waals surface area contributed by atoms with Crippen LogP contribution in [-0.4, -0.2) is 14.5 Å². The van der Waals surface area contributed by atoms with Crippen molar-refractivity contribution in [2.24, 2.45) is 0 Å². The number of nitrogens with zero attached hydrogens (tertiary/aromatic N) is 3. The van der Waals surface area contributed by atoms with E-state index in [-0.39, 0.29) is 5.82 Å². The second kappa shape index (κ2) is 10.9. The van der Waals surface area contributed by atoms with Gasteiger partial charge in [0, 0.05) is 17.4 Å². The molecule has 0 amide bonds. The second-order valence-electron chi connectivity index (χ2n) is 11.6. The van der Waals surface area contributed by atoms with Crippen molar-refractivity contribution in [3.8, 4) is 50.5 Å². The molecule has 0 radical (unpaired) electrons.